The van der Waals surface area contributed by atoms with Gasteiger partial charge in [-0.15, -0.1) is 15.3 Å². The van der Waals surface area contributed by atoms with Crippen LogP contribution in [0.3, 0.4) is 0 Å². The van der Waals surface area contributed by atoms with Gasteiger partial charge in [0.2, 0.25) is 4.96 Å². The quantitative estimate of drug-likeness (QED) is 0.666. The zero-order valence-electron chi connectivity index (χ0n) is 6.67. The maximum atomic E-state index is 10.5. The summed E-state index contributed by atoms with van der Waals surface area (Å²) < 4.78 is 1.69. The molecule has 0 aliphatic heterocycles. The maximum Gasteiger partial charge on any atom is 0.235 e. The van der Waals surface area contributed by atoms with Crippen molar-refractivity contribution in [3.8, 4) is 0 Å². The molecule has 0 N–H and O–H groups in total. The molecule has 2 aromatic rings. The first kappa shape index (κ1) is 7.14. The molecule has 0 saturated heterocycles. The van der Waals surface area contributed by atoms with Gasteiger partial charge in [0, 0.05) is 5.92 Å². The molecule has 5 nitrogen and oxygen atoms in total. The van der Waals surface area contributed by atoms with Crippen LogP contribution in [0.4, 0.5) is 0 Å². The number of aromatic nitrogens is 4. The van der Waals surface area contributed by atoms with Gasteiger partial charge < -0.3 is 0 Å². The predicted octanol–water partition coefficient (Wildman–Crippen LogP) is 0.876. The highest BCUT2D eigenvalue weighted by Crippen LogP contribution is 2.39. The topological polar surface area (TPSA) is 60.2 Å². The largest absolute Gasteiger partial charge is 0.295 e. The average molecular weight is 194 g/mol. The molecule has 0 spiro atoms. The van der Waals surface area contributed by atoms with Gasteiger partial charge in [0.1, 0.15) is 0 Å². The Kier molecular flexibility index (Phi) is 1.29. The van der Waals surface area contributed by atoms with E-state index in [4.69, 9.17) is 0 Å². The maximum absolute atomic E-state index is 10.5. The zero-order chi connectivity index (χ0) is 8.84. The van der Waals surface area contributed by atoms with Crippen molar-refractivity contribution >= 4 is 22.6 Å². The molecule has 1 aliphatic rings. The van der Waals surface area contributed by atoms with Crippen molar-refractivity contribution in [3.63, 3.8) is 0 Å². The summed E-state index contributed by atoms with van der Waals surface area (Å²) in [6, 6.07) is 0. The molecule has 0 radical (unpaired) electrons. The predicted molar refractivity (Wildman–Crippen MR) is 46.0 cm³/mol. The van der Waals surface area contributed by atoms with E-state index in [0.29, 0.717) is 15.9 Å². The summed E-state index contributed by atoms with van der Waals surface area (Å²) >= 11 is 1.27. The van der Waals surface area contributed by atoms with Crippen molar-refractivity contribution < 1.29 is 4.79 Å². The van der Waals surface area contributed by atoms with E-state index in [1.807, 2.05) is 0 Å². The van der Waals surface area contributed by atoms with Gasteiger partial charge in [0.25, 0.3) is 0 Å². The van der Waals surface area contributed by atoms with Gasteiger partial charge in [0.05, 0.1) is 0 Å². The standard InChI is InChI=1S/C7H6N4OS/c12-3-5-10-11-6(4-1-2-4)8-9-7(11)13-5/h3-4H,1-2H2. The van der Waals surface area contributed by atoms with Crippen molar-refractivity contribution in [2.75, 3.05) is 0 Å². The summed E-state index contributed by atoms with van der Waals surface area (Å²) in [5.41, 5.74) is 0. The molecule has 2 aromatic heterocycles. The van der Waals surface area contributed by atoms with Crippen LogP contribution in [0.5, 0.6) is 0 Å². The van der Waals surface area contributed by atoms with E-state index >= 15 is 0 Å². The molecule has 3 rings (SSSR count). The van der Waals surface area contributed by atoms with E-state index in [9.17, 15) is 4.79 Å². The van der Waals surface area contributed by atoms with Gasteiger partial charge >= 0.3 is 0 Å². The fourth-order valence-corrected chi connectivity index (χ4v) is 1.95. The first-order chi connectivity index (χ1) is 6.38. The fourth-order valence-electron chi connectivity index (χ4n) is 1.29. The molecule has 1 saturated carbocycles. The van der Waals surface area contributed by atoms with Crippen LogP contribution in [0.1, 0.15) is 34.4 Å². The van der Waals surface area contributed by atoms with Gasteiger partial charge in [-0.25, -0.2) is 0 Å². The van der Waals surface area contributed by atoms with Gasteiger partial charge in [-0.05, 0) is 12.8 Å². The molecule has 0 unspecified atom stereocenters. The van der Waals surface area contributed by atoms with Crippen molar-refractivity contribution in [3.05, 3.63) is 10.8 Å². The number of hydrogen-bond donors (Lipinski definition) is 0. The number of carbonyl (C=O) groups is 1. The lowest BCUT2D eigenvalue weighted by Crippen LogP contribution is -1.93. The van der Waals surface area contributed by atoms with E-state index in [2.05, 4.69) is 15.3 Å². The highest BCUT2D eigenvalue weighted by atomic mass is 32.1. The van der Waals surface area contributed by atoms with Gasteiger partial charge in [0.15, 0.2) is 17.1 Å². The summed E-state index contributed by atoms with van der Waals surface area (Å²) in [7, 11) is 0. The van der Waals surface area contributed by atoms with Crippen molar-refractivity contribution in [1.29, 1.82) is 0 Å². The highest BCUT2D eigenvalue weighted by molar-refractivity contribution is 7.18. The second-order valence-electron chi connectivity index (χ2n) is 3.09. The summed E-state index contributed by atoms with van der Waals surface area (Å²) in [5, 5.41) is 12.6. The first-order valence-corrected chi connectivity index (χ1v) is 4.87. The minimum atomic E-state index is 0.465. The molecular weight excluding hydrogens is 188 g/mol. The molecule has 2 heterocycles. The molecular formula is C7H6N4OS. The van der Waals surface area contributed by atoms with Crippen molar-refractivity contribution in [2.24, 2.45) is 0 Å². The van der Waals surface area contributed by atoms with Crippen LogP contribution in [-0.4, -0.2) is 26.1 Å². The lowest BCUT2D eigenvalue weighted by molar-refractivity contribution is 0.112. The lowest BCUT2D eigenvalue weighted by Gasteiger charge is -1.87. The average Bonchev–Trinajstić information content (AvgIpc) is 2.78. The SMILES string of the molecule is O=Cc1nn2c(C3CC3)nnc2s1. The normalized spacial score (nSPS) is 16.6. The second kappa shape index (κ2) is 2.35. The van der Waals surface area contributed by atoms with E-state index in [0.717, 1.165) is 25.0 Å². The molecule has 0 atom stereocenters. The minimum absolute atomic E-state index is 0.465. The van der Waals surface area contributed by atoms with Crippen molar-refractivity contribution in [1.82, 2.24) is 19.8 Å². The third-order valence-corrected chi connectivity index (χ3v) is 2.90. The smallest absolute Gasteiger partial charge is 0.235 e. The third-order valence-electron chi connectivity index (χ3n) is 2.07. The first-order valence-electron chi connectivity index (χ1n) is 4.06. The summed E-state index contributed by atoms with van der Waals surface area (Å²) in [6.07, 6.45) is 3.07. The number of fused-ring (bicyclic) bond motifs is 1. The minimum Gasteiger partial charge on any atom is -0.295 e. The van der Waals surface area contributed by atoms with Crippen LogP contribution in [0.2, 0.25) is 0 Å². The number of hydrogen-bond acceptors (Lipinski definition) is 5. The van der Waals surface area contributed by atoms with Gasteiger partial charge in [-0.2, -0.15) is 4.52 Å². The Morgan fingerprint density at radius 3 is 3.00 bits per heavy atom. The van der Waals surface area contributed by atoms with Crippen LogP contribution in [0, 0.1) is 0 Å². The highest BCUT2D eigenvalue weighted by Gasteiger charge is 2.29. The van der Waals surface area contributed by atoms with Gasteiger partial charge in [-0.1, -0.05) is 11.3 Å². The van der Waals surface area contributed by atoms with E-state index in [1.165, 1.54) is 11.3 Å². The van der Waals surface area contributed by atoms with Crippen LogP contribution >= 0.6 is 11.3 Å². The summed E-state index contributed by atoms with van der Waals surface area (Å²) in [5.74, 6) is 1.41. The monoisotopic (exact) mass is 194 g/mol. The Bertz CT molecular complexity index is 470. The molecule has 6 heteroatoms. The molecule has 0 aromatic carbocycles. The fraction of sp³-hybridized carbons (Fsp3) is 0.429. The van der Waals surface area contributed by atoms with E-state index < -0.39 is 0 Å². The molecule has 13 heavy (non-hydrogen) atoms. The summed E-state index contributed by atoms with van der Waals surface area (Å²) in [6.45, 7) is 0. The molecule has 0 amide bonds. The number of nitrogens with zero attached hydrogens (tertiary/aromatic N) is 4. The van der Waals surface area contributed by atoms with Gasteiger partial charge in [-0.3, -0.25) is 4.79 Å². The van der Waals surface area contributed by atoms with Crippen LogP contribution in [0.15, 0.2) is 0 Å². The Balaban J connectivity index is 2.23. The van der Waals surface area contributed by atoms with E-state index in [1.54, 1.807) is 4.52 Å². The third kappa shape index (κ3) is 0.983. The van der Waals surface area contributed by atoms with Crippen LogP contribution in [0.25, 0.3) is 4.96 Å². The number of carbonyl (C=O) groups excluding carboxylic acids is 1. The lowest BCUT2D eigenvalue weighted by atomic mass is 10.4. The molecule has 1 fully saturated rings. The van der Waals surface area contributed by atoms with E-state index in [-0.39, 0.29) is 0 Å². The Morgan fingerprint density at radius 2 is 2.31 bits per heavy atom. The summed E-state index contributed by atoms with van der Waals surface area (Å²) in [4.78, 5) is 11.2. The Labute approximate surface area is 77.4 Å². The van der Waals surface area contributed by atoms with Crippen LogP contribution in [-0.2, 0) is 0 Å². The van der Waals surface area contributed by atoms with Crippen molar-refractivity contribution in [2.45, 2.75) is 18.8 Å². The molecule has 66 valence electrons. The number of aldehydes is 1. The molecule has 0 bridgehead atoms. The zero-order valence-corrected chi connectivity index (χ0v) is 7.49. The Hall–Kier alpha value is -1.30. The molecule has 1 aliphatic carbocycles. The Morgan fingerprint density at radius 1 is 1.46 bits per heavy atom. The second-order valence-corrected chi connectivity index (χ2v) is 4.07. The van der Waals surface area contributed by atoms with Crippen LogP contribution < -0.4 is 0 Å². The number of rotatable bonds is 2.